The van der Waals surface area contributed by atoms with Gasteiger partial charge in [0.2, 0.25) is 0 Å². The molecule has 1 unspecified atom stereocenters. The predicted octanol–water partition coefficient (Wildman–Crippen LogP) is 2.20. The van der Waals surface area contributed by atoms with Gasteiger partial charge in [0.1, 0.15) is 5.75 Å². The normalized spacial score (nSPS) is 14.2. The number of hydrogen-bond acceptors (Lipinski definition) is 1. The van der Waals surface area contributed by atoms with E-state index >= 15 is 0 Å². The van der Waals surface area contributed by atoms with Gasteiger partial charge in [-0.3, -0.25) is 0 Å². The second kappa shape index (κ2) is 2.91. The highest BCUT2D eigenvalue weighted by atomic mass is 31.0. The average molecular weight is 179 g/mol. The molecule has 12 heavy (non-hydrogen) atoms. The topological polar surface area (TPSA) is 9.23 Å². The molecular weight excluding hydrogens is 167 g/mol. The number of benzene rings is 1. The number of hydrogen-bond donors (Lipinski definition) is 0. The van der Waals surface area contributed by atoms with Crippen molar-refractivity contribution in [1.29, 1.82) is 0 Å². The highest BCUT2D eigenvalue weighted by Crippen LogP contribution is 2.36. The van der Waals surface area contributed by atoms with Crippen LogP contribution in [0.5, 0.6) is 5.75 Å². The maximum Gasteiger partial charge on any atom is 0.123 e. The number of methoxy groups -OCH3 is 1. The summed E-state index contributed by atoms with van der Waals surface area (Å²) < 4.78 is 5.28. The van der Waals surface area contributed by atoms with E-state index in [0.717, 1.165) is 12.2 Å². The molecule has 0 aliphatic heterocycles. The molecule has 0 spiro atoms. The minimum Gasteiger partial charge on any atom is -0.496 e. The van der Waals surface area contributed by atoms with Crippen molar-refractivity contribution >= 4 is 14.6 Å². The SMILES string of the molecule is COc1cccc2c1CC=C2[PH3+]. The molecule has 0 fully saturated rings. The lowest BCUT2D eigenvalue weighted by Crippen LogP contribution is -1.90. The summed E-state index contributed by atoms with van der Waals surface area (Å²) in [5.74, 6) is 1.02. The number of rotatable bonds is 1. The van der Waals surface area contributed by atoms with E-state index in [0.29, 0.717) is 0 Å². The van der Waals surface area contributed by atoms with Gasteiger partial charge in [-0.15, -0.1) is 0 Å². The fraction of sp³-hybridized carbons (Fsp3) is 0.200. The summed E-state index contributed by atoms with van der Waals surface area (Å²) >= 11 is 0. The third kappa shape index (κ3) is 1.05. The van der Waals surface area contributed by atoms with E-state index in [9.17, 15) is 0 Å². The van der Waals surface area contributed by atoms with Crippen molar-refractivity contribution < 1.29 is 4.74 Å². The minimum atomic E-state index is 1.02. The van der Waals surface area contributed by atoms with Crippen LogP contribution in [0.25, 0.3) is 5.31 Å². The fourth-order valence-corrected chi connectivity index (χ4v) is 2.08. The Hall–Kier alpha value is -0.810. The molecule has 62 valence electrons. The Morgan fingerprint density at radius 2 is 2.25 bits per heavy atom. The lowest BCUT2D eigenvalue weighted by atomic mass is 10.1. The van der Waals surface area contributed by atoms with Gasteiger partial charge in [0, 0.05) is 20.4 Å². The fourth-order valence-electron chi connectivity index (χ4n) is 1.60. The summed E-state index contributed by atoms with van der Waals surface area (Å²) in [6, 6.07) is 6.23. The lowest BCUT2D eigenvalue weighted by Gasteiger charge is -2.05. The van der Waals surface area contributed by atoms with E-state index < -0.39 is 0 Å². The Labute approximate surface area is 74.6 Å². The van der Waals surface area contributed by atoms with Crippen molar-refractivity contribution in [1.82, 2.24) is 0 Å². The molecule has 0 heterocycles. The van der Waals surface area contributed by atoms with Crippen molar-refractivity contribution in [3.05, 3.63) is 35.4 Å². The predicted molar refractivity (Wildman–Crippen MR) is 55.8 cm³/mol. The van der Waals surface area contributed by atoms with E-state index in [-0.39, 0.29) is 0 Å². The zero-order valence-corrected chi connectivity index (χ0v) is 8.55. The summed E-state index contributed by atoms with van der Waals surface area (Å²) in [4.78, 5) is 0. The first-order valence-corrected chi connectivity index (χ1v) is 4.72. The van der Waals surface area contributed by atoms with E-state index in [4.69, 9.17) is 4.74 Å². The summed E-state index contributed by atoms with van der Waals surface area (Å²) in [6.07, 6.45) is 3.28. The zero-order valence-electron chi connectivity index (χ0n) is 7.13. The van der Waals surface area contributed by atoms with Gasteiger partial charge in [-0.05, 0) is 18.6 Å². The van der Waals surface area contributed by atoms with E-state index in [2.05, 4.69) is 12.1 Å². The van der Waals surface area contributed by atoms with Gasteiger partial charge in [-0.25, -0.2) is 0 Å². The van der Waals surface area contributed by atoms with Gasteiger partial charge in [-0.1, -0.05) is 12.1 Å². The third-order valence-corrected chi connectivity index (χ3v) is 2.92. The number of ether oxygens (including phenoxy) is 1. The van der Waals surface area contributed by atoms with Crippen LogP contribution >= 0.6 is 9.24 Å². The molecule has 0 amide bonds. The van der Waals surface area contributed by atoms with Gasteiger partial charge in [-0.2, -0.15) is 0 Å². The largest absolute Gasteiger partial charge is 0.496 e. The Kier molecular flexibility index (Phi) is 1.90. The monoisotopic (exact) mass is 179 g/mol. The van der Waals surface area contributed by atoms with Crippen molar-refractivity contribution in [3.63, 3.8) is 0 Å². The molecule has 2 rings (SSSR count). The molecule has 1 aromatic carbocycles. The second-order valence-electron chi connectivity index (χ2n) is 2.92. The molecule has 1 aliphatic rings. The summed E-state index contributed by atoms with van der Waals surface area (Å²) in [5.41, 5.74) is 2.69. The Balaban J connectivity index is 2.56. The summed E-state index contributed by atoms with van der Waals surface area (Å²) in [5, 5.41) is 1.39. The van der Waals surface area contributed by atoms with Crippen LogP contribution in [-0.2, 0) is 6.42 Å². The van der Waals surface area contributed by atoms with E-state index in [1.54, 1.807) is 7.11 Å². The van der Waals surface area contributed by atoms with Crippen molar-refractivity contribution in [2.45, 2.75) is 6.42 Å². The Morgan fingerprint density at radius 3 is 3.00 bits per heavy atom. The van der Waals surface area contributed by atoms with Crippen LogP contribution in [0.3, 0.4) is 0 Å². The maximum absolute atomic E-state index is 5.28. The molecule has 0 N–H and O–H groups in total. The smallest absolute Gasteiger partial charge is 0.123 e. The molecule has 0 aromatic heterocycles. The van der Waals surface area contributed by atoms with E-state index in [1.807, 2.05) is 21.4 Å². The quantitative estimate of drug-likeness (QED) is 0.600. The zero-order chi connectivity index (χ0) is 8.55. The molecular formula is C10H12OP+. The van der Waals surface area contributed by atoms with Crippen molar-refractivity contribution in [2.24, 2.45) is 0 Å². The third-order valence-electron chi connectivity index (χ3n) is 2.25. The van der Waals surface area contributed by atoms with Gasteiger partial charge in [0.05, 0.1) is 12.4 Å². The van der Waals surface area contributed by atoms with Crippen LogP contribution < -0.4 is 4.74 Å². The molecule has 0 radical (unpaired) electrons. The molecule has 1 aliphatic carbocycles. The molecule has 1 nitrogen and oxygen atoms in total. The first-order chi connectivity index (χ1) is 5.83. The molecule has 0 bridgehead atoms. The minimum absolute atomic E-state index is 1.02. The number of allylic oxidation sites excluding steroid dienone is 1. The van der Waals surface area contributed by atoms with Gasteiger partial charge >= 0.3 is 0 Å². The molecule has 0 saturated carbocycles. The van der Waals surface area contributed by atoms with Crippen LogP contribution in [0.4, 0.5) is 0 Å². The van der Waals surface area contributed by atoms with Crippen LogP contribution in [0.2, 0.25) is 0 Å². The van der Waals surface area contributed by atoms with Crippen molar-refractivity contribution in [3.8, 4) is 5.75 Å². The maximum atomic E-state index is 5.28. The Morgan fingerprint density at radius 1 is 1.42 bits per heavy atom. The van der Waals surface area contributed by atoms with Crippen LogP contribution in [0.15, 0.2) is 24.3 Å². The highest BCUT2D eigenvalue weighted by Gasteiger charge is 2.16. The molecule has 0 saturated heterocycles. The number of fused-ring (bicyclic) bond motifs is 1. The van der Waals surface area contributed by atoms with Gasteiger partial charge < -0.3 is 4.74 Å². The average Bonchev–Trinajstić information content (AvgIpc) is 2.48. The van der Waals surface area contributed by atoms with Crippen molar-refractivity contribution in [2.75, 3.05) is 7.11 Å². The lowest BCUT2D eigenvalue weighted by molar-refractivity contribution is 0.411. The van der Waals surface area contributed by atoms with Crippen LogP contribution in [0, 0.1) is 0 Å². The second-order valence-corrected chi connectivity index (χ2v) is 3.68. The van der Waals surface area contributed by atoms with Gasteiger partial charge in [0.25, 0.3) is 0 Å². The standard InChI is InChI=1S/C10H11OP/c1-11-9-4-2-3-8-7(9)5-6-10(8)12/h2-4,6H,5,12H2,1H3/p+1. The van der Waals surface area contributed by atoms with Crippen LogP contribution in [-0.4, -0.2) is 7.11 Å². The highest BCUT2D eigenvalue weighted by molar-refractivity contribution is 7.31. The van der Waals surface area contributed by atoms with Crippen LogP contribution in [0.1, 0.15) is 11.1 Å². The van der Waals surface area contributed by atoms with E-state index in [1.165, 1.54) is 16.4 Å². The molecule has 1 atom stereocenters. The first kappa shape index (κ1) is 7.82. The Bertz CT molecular complexity index is 342. The first-order valence-electron chi connectivity index (χ1n) is 4.01. The summed E-state index contributed by atoms with van der Waals surface area (Å²) in [6.45, 7) is 0. The van der Waals surface area contributed by atoms with Gasteiger partial charge in [0.15, 0.2) is 0 Å². The molecule has 2 heteroatoms. The molecule has 1 aromatic rings. The summed E-state index contributed by atoms with van der Waals surface area (Å²) in [7, 11) is 3.67.